The van der Waals surface area contributed by atoms with Crippen molar-refractivity contribution in [2.75, 3.05) is 25.9 Å². The summed E-state index contributed by atoms with van der Waals surface area (Å²) in [6.45, 7) is -0.189. The van der Waals surface area contributed by atoms with Gasteiger partial charge < -0.3 is 10.6 Å². The van der Waals surface area contributed by atoms with E-state index in [9.17, 15) is 18.0 Å². The van der Waals surface area contributed by atoms with Gasteiger partial charge in [0.25, 0.3) is 0 Å². The number of carbonyl (C=O) groups is 1. The van der Waals surface area contributed by atoms with Crippen molar-refractivity contribution in [2.45, 2.75) is 17.9 Å². The minimum atomic E-state index is -4.41. The van der Waals surface area contributed by atoms with Crippen molar-refractivity contribution in [3.63, 3.8) is 0 Å². The molecule has 0 saturated carbocycles. The highest BCUT2D eigenvalue weighted by atomic mass is 32.2. The number of nitrogens with zero attached hydrogens (tertiary/aromatic N) is 4. The summed E-state index contributed by atoms with van der Waals surface area (Å²) in [7, 11) is 1.77. The number of tetrazole rings is 1. The summed E-state index contributed by atoms with van der Waals surface area (Å²) in [5, 5.41) is 15.9. The standard InChI is InChI=1S/C8H13F3N6OS/c1-12-2-3-17-7(14-15-16-17)19-4-6(18)13-5-8(9,10)11/h12H,2-5H2,1H3,(H,13,18). The number of carbonyl (C=O) groups excluding carboxylic acids is 1. The molecular formula is C8H13F3N6OS. The van der Waals surface area contributed by atoms with Crippen LogP contribution in [0.25, 0.3) is 0 Å². The zero-order valence-corrected chi connectivity index (χ0v) is 10.9. The Hall–Kier alpha value is -1.36. The van der Waals surface area contributed by atoms with E-state index >= 15 is 0 Å². The van der Waals surface area contributed by atoms with Gasteiger partial charge in [-0.05, 0) is 17.5 Å². The largest absolute Gasteiger partial charge is 0.405 e. The molecule has 0 aliphatic carbocycles. The second kappa shape index (κ2) is 7.28. The molecule has 1 amide bonds. The highest BCUT2D eigenvalue weighted by Gasteiger charge is 2.27. The lowest BCUT2D eigenvalue weighted by Crippen LogP contribution is -2.34. The molecule has 0 atom stereocenters. The molecule has 0 aliphatic rings. The van der Waals surface area contributed by atoms with Gasteiger partial charge in [0, 0.05) is 6.54 Å². The monoisotopic (exact) mass is 298 g/mol. The smallest absolute Gasteiger partial charge is 0.346 e. The second-order valence-electron chi connectivity index (χ2n) is 3.47. The molecule has 0 aliphatic heterocycles. The molecule has 1 rings (SSSR count). The number of hydrogen-bond acceptors (Lipinski definition) is 6. The highest BCUT2D eigenvalue weighted by molar-refractivity contribution is 7.99. The Kier molecular flexibility index (Phi) is 6.02. The van der Waals surface area contributed by atoms with E-state index in [0.29, 0.717) is 18.2 Å². The van der Waals surface area contributed by atoms with Gasteiger partial charge in [-0.25, -0.2) is 4.68 Å². The van der Waals surface area contributed by atoms with Gasteiger partial charge in [-0.2, -0.15) is 13.2 Å². The van der Waals surface area contributed by atoms with Gasteiger partial charge in [0.05, 0.1) is 12.3 Å². The van der Waals surface area contributed by atoms with Crippen LogP contribution in [0.3, 0.4) is 0 Å². The molecule has 0 radical (unpaired) electrons. The predicted octanol–water partition coefficient (Wildman–Crippen LogP) is -0.337. The van der Waals surface area contributed by atoms with Crippen molar-refractivity contribution in [1.29, 1.82) is 0 Å². The van der Waals surface area contributed by atoms with Crippen LogP contribution in [-0.4, -0.2) is 58.2 Å². The summed E-state index contributed by atoms with van der Waals surface area (Å²) in [5.74, 6) is -0.888. The first kappa shape index (κ1) is 15.7. The van der Waals surface area contributed by atoms with Gasteiger partial charge in [-0.1, -0.05) is 11.8 Å². The molecule has 7 nitrogen and oxygen atoms in total. The molecule has 0 fully saturated rings. The minimum absolute atomic E-state index is 0.171. The Morgan fingerprint density at radius 1 is 1.47 bits per heavy atom. The lowest BCUT2D eigenvalue weighted by molar-refractivity contribution is -0.136. The van der Waals surface area contributed by atoms with E-state index in [4.69, 9.17) is 0 Å². The summed E-state index contributed by atoms with van der Waals surface area (Å²) < 4.78 is 37.1. The van der Waals surface area contributed by atoms with Gasteiger partial charge >= 0.3 is 6.18 Å². The Labute approximate surface area is 111 Å². The number of halogens is 3. The lowest BCUT2D eigenvalue weighted by atomic mass is 10.6. The van der Waals surface area contributed by atoms with Crippen molar-refractivity contribution in [3.05, 3.63) is 0 Å². The zero-order chi connectivity index (χ0) is 14.3. The normalized spacial score (nSPS) is 11.6. The number of likely N-dealkylation sites (N-methyl/N-ethyl adjacent to an activating group) is 1. The van der Waals surface area contributed by atoms with Crippen LogP contribution in [0.1, 0.15) is 0 Å². The van der Waals surface area contributed by atoms with E-state index in [2.05, 4.69) is 20.8 Å². The van der Waals surface area contributed by atoms with Crippen LogP contribution in [0.2, 0.25) is 0 Å². The molecule has 0 saturated heterocycles. The third kappa shape index (κ3) is 6.38. The number of amides is 1. The fourth-order valence-electron chi connectivity index (χ4n) is 1.04. The van der Waals surface area contributed by atoms with Crippen molar-refractivity contribution < 1.29 is 18.0 Å². The number of nitrogens with one attached hydrogen (secondary N) is 2. The maximum Gasteiger partial charge on any atom is 0.405 e. The van der Waals surface area contributed by atoms with Crippen LogP contribution in [0.15, 0.2) is 5.16 Å². The van der Waals surface area contributed by atoms with Crippen LogP contribution in [0.5, 0.6) is 0 Å². The van der Waals surface area contributed by atoms with Crippen LogP contribution in [0.4, 0.5) is 13.2 Å². The molecule has 1 aromatic rings. The molecule has 2 N–H and O–H groups in total. The van der Waals surface area contributed by atoms with Crippen molar-refractivity contribution in [3.8, 4) is 0 Å². The quantitative estimate of drug-likeness (QED) is 0.670. The molecule has 19 heavy (non-hydrogen) atoms. The SMILES string of the molecule is CNCCn1nnnc1SCC(=O)NCC(F)(F)F. The number of alkyl halides is 3. The second-order valence-corrected chi connectivity index (χ2v) is 4.41. The number of thioether (sulfide) groups is 1. The Balaban J connectivity index is 2.36. The fraction of sp³-hybridized carbons (Fsp3) is 0.750. The third-order valence-electron chi connectivity index (χ3n) is 1.89. The summed E-state index contributed by atoms with van der Waals surface area (Å²) in [5.41, 5.74) is 0. The molecule has 0 unspecified atom stereocenters. The Morgan fingerprint density at radius 2 is 2.21 bits per heavy atom. The van der Waals surface area contributed by atoms with Gasteiger partial charge in [0.1, 0.15) is 6.54 Å². The van der Waals surface area contributed by atoms with Gasteiger partial charge in [0.2, 0.25) is 11.1 Å². The summed E-state index contributed by atoms with van der Waals surface area (Å²) in [6, 6.07) is 0. The Bertz CT molecular complexity index is 409. The van der Waals surface area contributed by atoms with Gasteiger partial charge in [-0.15, -0.1) is 5.10 Å². The van der Waals surface area contributed by atoms with Crippen molar-refractivity contribution >= 4 is 17.7 Å². The highest BCUT2D eigenvalue weighted by Crippen LogP contribution is 2.14. The fourth-order valence-corrected chi connectivity index (χ4v) is 1.77. The van der Waals surface area contributed by atoms with Gasteiger partial charge in [-0.3, -0.25) is 4.79 Å². The first-order chi connectivity index (χ1) is 8.92. The number of hydrogen-bond donors (Lipinski definition) is 2. The molecule has 0 spiro atoms. The van der Waals surface area contributed by atoms with E-state index in [1.54, 1.807) is 12.4 Å². The number of rotatable bonds is 7. The zero-order valence-electron chi connectivity index (χ0n) is 10.1. The molecule has 1 heterocycles. The van der Waals surface area contributed by atoms with Gasteiger partial charge in [0.15, 0.2) is 0 Å². The van der Waals surface area contributed by atoms with Crippen molar-refractivity contribution in [1.82, 2.24) is 30.8 Å². The van der Waals surface area contributed by atoms with E-state index < -0.39 is 18.6 Å². The van der Waals surface area contributed by atoms with Crippen molar-refractivity contribution in [2.24, 2.45) is 0 Å². The summed E-state index contributed by atoms with van der Waals surface area (Å²) >= 11 is 0.983. The van der Waals surface area contributed by atoms with Crippen LogP contribution in [0, 0.1) is 0 Å². The third-order valence-corrected chi connectivity index (χ3v) is 2.85. The van der Waals surface area contributed by atoms with E-state index in [1.165, 1.54) is 4.68 Å². The first-order valence-electron chi connectivity index (χ1n) is 5.29. The molecule has 1 aromatic heterocycles. The van der Waals surface area contributed by atoms with E-state index in [-0.39, 0.29) is 5.75 Å². The molecule has 0 aromatic carbocycles. The molecule has 0 bridgehead atoms. The lowest BCUT2D eigenvalue weighted by Gasteiger charge is -2.08. The molecule has 11 heteroatoms. The van der Waals surface area contributed by atoms with E-state index in [1.807, 2.05) is 0 Å². The van der Waals surface area contributed by atoms with Crippen LogP contribution < -0.4 is 10.6 Å². The minimum Gasteiger partial charge on any atom is -0.346 e. The maximum absolute atomic E-state index is 11.9. The van der Waals surface area contributed by atoms with Crippen LogP contribution in [-0.2, 0) is 11.3 Å². The first-order valence-corrected chi connectivity index (χ1v) is 6.28. The molecule has 108 valence electrons. The Morgan fingerprint density at radius 3 is 2.84 bits per heavy atom. The average molecular weight is 298 g/mol. The van der Waals surface area contributed by atoms with Crippen LogP contribution >= 0.6 is 11.8 Å². The predicted molar refractivity (Wildman–Crippen MR) is 61.5 cm³/mol. The summed E-state index contributed by atoms with van der Waals surface area (Å²) in [6.07, 6.45) is -4.41. The molecular weight excluding hydrogens is 285 g/mol. The average Bonchev–Trinajstić information content (AvgIpc) is 2.77. The topological polar surface area (TPSA) is 84.7 Å². The van der Waals surface area contributed by atoms with E-state index in [0.717, 1.165) is 11.8 Å². The summed E-state index contributed by atoms with van der Waals surface area (Å²) in [4.78, 5) is 11.2. The number of aromatic nitrogens is 4. The maximum atomic E-state index is 11.9.